The summed E-state index contributed by atoms with van der Waals surface area (Å²) in [5, 5.41) is 0.846. The number of thiazole rings is 1. The SMILES string of the molecule is Cc1nc(-n2cccc2)sc1C(=O)N1CCC(Cn2c(C)nc3ccccc32)CC1. The lowest BCUT2D eigenvalue weighted by Crippen LogP contribution is -2.39. The number of aromatic nitrogens is 4. The van der Waals surface area contributed by atoms with E-state index in [1.807, 2.05) is 47.0 Å². The van der Waals surface area contributed by atoms with Gasteiger partial charge in [0.15, 0.2) is 5.13 Å². The highest BCUT2D eigenvalue weighted by atomic mass is 32.1. The van der Waals surface area contributed by atoms with E-state index in [4.69, 9.17) is 0 Å². The van der Waals surface area contributed by atoms with E-state index >= 15 is 0 Å². The molecule has 0 saturated carbocycles. The zero-order valence-corrected chi connectivity index (χ0v) is 18.1. The molecule has 5 rings (SSSR count). The molecule has 1 saturated heterocycles. The minimum Gasteiger partial charge on any atom is -0.338 e. The average Bonchev–Trinajstić information content (AvgIpc) is 3.48. The number of rotatable bonds is 4. The summed E-state index contributed by atoms with van der Waals surface area (Å²) in [5.74, 6) is 1.74. The van der Waals surface area contributed by atoms with Crippen LogP contribution >= 0.6 is 11.3 Å². The molecule has 0 bridgehead atoms. The molecule has 154 valence electrons. The molecule has 0 atom stereocenters. The maximum atomic E-state index is 13.1. The molecule has 1 amide bonds. The van der Waals surface area contributed by atoms with Gasteiger partial charge >= 0.3 is 0 Å². The van der Waals surface area contributed by atoms with Crippen LogP contribution in [0.25, 0.3) is 16.2 Å². The zero-order chi connectivity index (χ0) is 20.7. The van der Waals surface area contributed by atoms with E-state index in [0.717, 1.165) is 59.5 Å². The van der Waals surface area contributed by atoms with E-state index in [1.54, 1.807) is 0 Å². The van der Waals surface area contributed by atoms with Crippen molar-refractivity contribution in [2.24, 2.45) is 5.92 Å². The molecular weight excluding hydrogens is 394 g/mol. The van der Waals surface area contributed by atoms with Gasteiger partial charge < -0.3 is 14.0 Å². The molecule has 4 heterocycles. The van der Waals surface area contributed by atoms with Gasteiger partial charge in [-0.1, -0.05) is 23.5 Å². The Morgan fingerprint density at radius 2 is 1.80 bits per heavy atom. The summed E-state index contributed by atoms with van der Waals surface area (Å²) in [6.07, 6.45) is 5.94. The third kappa shape index (κ3) is 3.43. The minimum absolute atomic E-state index is 0.117. The highest BCUT2D eigenvalue weighted by molar-refractivity contribution is 7.16. The van der Waals surface area contributed by atoms with E-state index in [0.29, 0.717) is 5.92 Å². The predicted molar refractivity (Wildman–Crippen MR) is 119 cm³/mol. The number of likely N-dealkylation sites (tertiary alicyclic amines) is 1. The molecule has 6 nitrogen and oxygen atoms in total. The van der Waals surface area contributed by atoms with E-state index in [2.05, 4.69) is 39.7 Å². The van der Waals surface area contributed by atoms with Crippen molar-refractivity contribution in [2.75, 3.05) is 13.1 Å². The average molecular weight is 420 g/mol. The van der Waals surface area contributed by atoms with Crippen LogP contribution in [0.4, 0.5) is 0 Å². The Morgan fingerprint density at radius 3 is 2.57 bits per heavy atom. The number of nitrogens with zero attached hydrogens (tertiary/aromatic N) is 5. The summed E-state index contributed by atoms with van der Waals surface area (Å²) in [6, 6.07) is 12.2. The van der Waals surface area contributed by atoms with Gasteiger partial charge in [0.25, 0.3) is 5.91 Å². The maximum Gasteiger partial charge on any atom is 0.265 e. The van der Waals surface area contributed by atoms with Gasteiger partial charge in [-0.15, -0.1) is 0 Å². The molecule has 0 aliphatic carbocycles. The number of carbonyl (C=O) groups excluding carboxylic acids is 1. The summed E-state index contributed by atoms with van der Waals surface area (Å²) in [7, 11) is 0. The normalized spacial score (nSPS) is 15.2. The summed E-state index contributed by atoms with van der Waals surface area (Å²) in [5.41, 5.74) is 3.07. The highest BCUT2D eigenvalue weighted by Crippen LogP contribution is 2.27. The fourth-order valence-corrected chi connectivity index (χ4v) is 5.30. The Morgan fingerprint density at radius 1 is 1.07 bits per heavy atom. The van der Waals surface area contributed by atoms with Gasteiger partial charge in [-0.05, 0) is 56.9 Å². The molecule has 0 spiro atoms. The first-order valence-electron chi connectivity index (χ1n) is 10.4. The number of amides is 1. The molecule has 3 aromatic heterocycles. The van der Waals surface area contributed by atoms with Gasteiger partial charge in [-0.2, -0.15) is 0 Å². The number of piperidine rings is 1. The second kappa shape index (κ2) is 7.72. The van der Waals surface area contributed by atoms with Gasteiger partial charge in [-0.3, -0.25) is 4.79 Å². The summed E-state index contributed by atoms with van der Waals surface area (Å²) in [4.78, 5) is 25.2. The molecule has 1 aliphatic heterocycles. The molecule has 0 radical (unpaired) electrons. The zero-order valence-electron chi connectivity index (χ0n) is 17.3. The number of carbonyl (C=O) groups is 1. The lowest BCUT2D eigenvalue weighted by molar-refractivity contribution is 0.0687. The van der Waals surface area contributed by atoms with E-state index in [9.17, 15) is 4.79 Å². The van der Waals surface area contributed by atoms with Crippen LogP contribution < -0.4 is 0 Å². The highest BCUT2D eigenvalue weighted by Gasteiger charge is 2.27. The van der Waals surface area contributed by atoms with Gasteiger partial charge in [-0.25, -0.2) is 9.97 Å². The van der Waals surface area contributed by atoms with E-state index in [-0.39, 0.29) is 5.91 Å². The standard InChI is InChI=1S/C23H25N5OS/c1-16-21(30-23(24-16)27-11-5-6-12-27)22(29)26-13-9-18(10-14-26)15-28-17(2)25-19-7-3-4-8-20(19)28/h3-8,11-12,18H,9-10,13-15H2,1-2H3. The third-order valence-corrected chi connectivity index (χ3v) is 7.15. The first-order chi connectivity index (χ1) is 14.6. The van der Waals surface area contributed by atoms with Crippen LogP contribution in [-0.2, 0) is 6.54 Å². The van der Waals surface area contributed by atoms with Crippen LogP contribution in [0.2, 0.25) is 0 Å². The fourth-order valence-electron chi connectivity index (χ4n) is 4.30. The van der Waals surface area contributed by atoms with Crippen LogP contribution in [0.15, 0.2) is 48.8 Å². The van der Waals surface area contributed by atoms with Crippen molar-refractivity contribution in [3.05, 3.63) is 65.2 Å². The number of aryl methyl sites for hydroxylation is 2. The monoisotopic (exact) mass is 419 g/mol. The third-order valence-electron chi connectivity index (χ3n) is 5.99. The van der Waals surface area contributed by atoms with Crippen molar-refractivity contribution < 1.29 is 4.79 Å². The van der Waals surface area contributed by atoms with Crippen LogP contribution in [0.1, 0.15) is 34.0 Å². The smallest absolute Gasteiger partial charge is 0.265 e. The van der Waals surface area contributed by atoms with Gasteiger partial charge in [0, 0.05) is 32.0 Å². The van der Waals surface area contributed by atoms with Crippen molar-refractivity contribution in [3.8, 4) is 5.13 Å². The molecular formula is C23H25N5OS. The van der Waals surface area contributed by atoms with Gasteiger partial charge in [0.05, 0.1) is 16.7 Å². The molecule has 0 N–H and O–H groups in total. The molecule has 0 unspecified atom stereocenters. The van der Waals surface area contributed by atoms with Crippen molar-refractivity contribution in [3.63, 3.8) is 0 Å². The number of para-hydroxylation sites is 2. The van der Waals surface area contributed by atoms with Crippen LogP contribution in [0.5, 0.6) is 0 Å². The lowest BCUT2D eigenvalue weighted by Gasteiger charge is -2.32. The van der Waals surface area contributed by atoms with Crippen LogP contribution in [0.3, 0.4) is 0 Å². The molecule has 1 aromatic carbocycles. The van der Waals surface area contributed by atoms with Crippen molar-refractivity contribution in [2.45, 2.75) is 33.2 Å². The summed E-state index contributed by atoms with van der Waals surface area (Å²) in [6.45, 7) is 6.56. The Balaban J connectivity index is 1.26. The molecule has 1 aliphatic rings. The summed E-state index contributed by atoms with van der Waals surface area (Å²) < 4.78 is 4.28. The first-order valence-corrected chi connectivity index (χ1v) is 11.2. The van der Waals surface area contributed by atoms with Crippen molar-refractivity contribution in [1.29, 1.82) is 0 Å². The van der Waals surface area contributed by atoms with Crippen molar-refractivity contribution >= 4 is 28.3 Å². The molecule has 7 heteroatoms. The predicted octanol–water partition coefficient (Wildman–Crippen LogP) is 4.45. The van der Waals surface area contributed by atoms with Gasteiger partial charge in [0.1, 0.15) is 10.7 Å². The summed E-state index contributed by atoms with van der Waals surface area (Å²) >= 11 is 1.48. The maximum absolute atomic E-state index is 13.1. The number of imidazole rings is 1. The first kappa shape index (κ1) is 19.1. The molecule has 1 fully saturated rings. The quantitative estimate of drug-likeness (QED) is 0.491. The second-order valence-electron chi connectivity index (χ2n) is 8.00. The van der Waals surface area contributed by atoms with Crippen molar-refractivity contribution in [1.82, 2.24) is 24.0 Å². The lowest BCUT2D eigenvalue weighted by atomic mass is 9.96. The topological polar surface area (TPSA) is 56.0 Å². The number of benzene rings is 1. The Bertz CT molecular complexity index is 1180. The van der Waals surface area contributed by atoms with Crippen LogP contribution in [-0.4, -0.2) is 43.0 Å². The number of fused-ring (bicyclic) bond motifs is 1. The Hall–Kier alpha value is -2.93. The fraction of sp³-hybridized carbons (Fsp3) is 0.348. The van der Waals surface area contributed by atoms with E-state index < -0.39 is 0 Å². The Kier molecular flexibility index (Phi) is 4.90. The minimum atomic E-state index is 0.117. The van der Waals surface area contributed by atoms with Crippen LogP contribution in [0, 0.1) is 19.8 Å². The number of hydrogen-bond acceptors (Lipinski definition) is 4. The van der Waals surface area contributed by atoms with E-state index in [1.165, 1.54) is 16.9 Å². The molecule has 30 heavy (non-hydrogen) atoms. The van der Waals surface area contributed by atoms with Gasteiger partial charge in [0.2, 0.25) is 0 Å². The largest absolute Gasteiger partial charge is 0.338 e. The molecule has 4 aromatic rings. The Labute approximate surface area is 179 Å². The number of hydrogen-bond donors (Lipinski definition) is 0. The second-order valence-corrected chi connectivity index (χ2v) is 8.97.